The lowest BCUT2D eigenvalue weighted by molar-refractivity contribution is -0.183. The van der Waals surface area contributed by atoms with Crippen molar-refractivity contribution in [3.8, 4) is 0 Å². The molecule has 1 amide bonds. The van der Waals surface area contributed by atoms with Gasteiger partial charge in [-0.05, 0) is 44.1 Å². The van der Waals surface area contributed by atoms with Crippen molar-refractivity contribution < 1.29 is 18.0 Å². The molecule has 0 saturated carbocycles. The number of rotatable bonds is 4. The summed E-state index contributed by atoms with van der Waals surface area (Å²) in [4.78, 5) is 15.0. The number of hydrogen-bond acceptors (Lipinski definition) is 4. The molecule has 1 radical (unpaired) electrons. The van der Waals surface area contributed by atoms with E-state index in [1.807, 2.05) is 0 Å². The molecular weight excluding hydrogens is 309 g/mol. The maximum Gasteiger partial charge on any atom is 0.440 e. The number of alkyl halides is 3. The lowest BCUT2D eigenvalue weighted by Gasteiger charge is -2.39. The first-order valence-electron chi connectivity index (χ1n) is 7.51. The number of nitrogens with one attached hydrogen (secondary N) is 1. The minimum Gasteiger partial charge on any atom is -0.366 e. The molecule has 125 valence electrons. The monoisotopic (exact) mass is 327 g/mol. The van der Waals surface area contributed by atoms with Crippen LogP contribution in [0, 0.1) is 6.07 Å². The van der Waals surface area contributed by atoms with Crippen molar-refractivity contribution in [2.45, 2.75) is 24.7 Å². The van der Waals surface area contributed by atoms with E-state index in [4.69, 9.17) is 5.73 Å². The molecule has 2 heterocycles. The second-order valence-electron chi connectivity index (χ2n) is 5.84. The highest BCUT2D eigenvalue weighted by atomic mass is 19.4. The van der Waals surface area contributed by atoms with Crippen LogP contribution < -0.4 is 16.0 Å². The molecule has 0 aromatic heterocycles. The van der Waals surface area contributed by atoms with Crippen LogP contribution in [0.4, 0.5) is 24.5 Å². The molecule has 0 spiro atoms. The highest BCUT2D eigenvalue weighted by Gasteiger charge is 2.66. The smallest absolute Gasteiger partial charge is 0.366 e. The number of anilines is 2. The van der Waals surface area contributed by atoms with E-state index in [1.165, 1.54) is 18.2 Å². The van der Waals surface area contributed by atoms with E-state index in [0.717, 1.165) is 30.8 Å². The number of fused-ring (bicyclic) bond motifs is 1. The van der Waals surface area contributed by atoms with E-state index in [-0.39, 0.29) is 12.2 Å². The Labute approximate surface area is 132 Å². The summed E-state index contributed by atoms with van der Waals surface area (Å²) in [6, 6.07) is 7.16. The number of nitrogens with two attached hydrogens (primary N) is 1. The highest BCUT2D eigenvalue weighted by molar-refractivity contribution is 5.98. The molecule has 1 atom stereocenters. The van der Waals surface area contributed by atoms with Gasteiger partial charge in [-0.15, -0.1) is 0 Å². The molecule has 0 bridgehead atoms. The van der Waals surface area contributed by atoms with Gasteiger partial charge in [0.2, 0.25) is 0 Å². The van der Waals surface area contributed by atoms with E-state index in [1.54, 1.807) is 0 Å². The number of hydrogen-bond donors (Lipinski definition) is 2. The first-order chi connectivity index (χ1) is 10.9. The molecule has 1 saturated heterocycles. The number of carbonyl (C=O) groups is 1. The molecule has 1 fully saturated rings. The fourth-order valence-corrected chi connectivity index (χ4v) is 3.29. The second kappa shape index (κ2) is 5.59. The zero-order valence-corrected chi connectivity index (χ0v) is 12.5. The van der Waals surface area contributed by atoms with Crippen molar-refractivity contribution in [3.63, 3.8) is 0 Å². The van der Waals surface area contributed by atoms with Gasteiger partial charge in [0.1, 0.15) is 0 Å². The van der Waals surface area contributed by atoms with E-state index < -0.39 is 17.7 Å². The average molecular weight is 327 g/mol. The molecule has 3 rings (SSSR count). The maximum absolute atomic E-state index is 13.8. The van der Waals surface area contributed by atoms with Crippen molar-refractivity contribution in [2.24, 2.45) is 5.73 Å². The molecular formula is C15H18F3N4O. The van der Waals surface area contributed by atoms with Gasteiger partial charge < -0.3 is 20.9 Å². The Morgan fingerprint density at radius 2 is 2.04 bits per heavy atom. The Morgan fingerprint density at radius 1 is 1.35 bits per heavy atom. The van der Waals surface area contributed by atoms with Gasteiger partial charge in [0.25, 0.3) is 11.6 Å². The Balaban J connectivity index is 1.95. The predicted octanol–water partition coefficient (Wildman–Crippen LogP) is 1.56. The molecule has 0 aliphatic carbocycles. The Hall–Kier alpha value is -1.96. The molecule has 2 aliphatic heterocycles. The number of amides is 1. The van der Waals surface area contributed by atoms with Crippen LogP contribution in [0.15, 0.2) is 18.2 Å². The van der Waals surface area contributed by atoms with Crippen LogP contribution in [0.3, 0.4) is 0 Å². The van der Waals surface area contributed by atoms with Gasteiger partial charge in [-0.3, -0.25) is 4.79 Å². The second-order valence-corrected chi connectivity index (χ2v) is 5.84. The fourth-order valence-electron chi connectivity index (χ4n) is 3.29. The SMILES string of the molecule is NC(=O)C1(C(F)(F)F)Nc2c[c]ccc2N1CCN1CCCC1. The topological polar surface area (TPSA) is 61.6 Å². The minimum absolute atomic E-state index is 0.0620. The van der Waals surface area contributed by atoms with Gasteiger partial charge >= 0.3 is 6.18 Å². The highest BCUT2D eigenvalue weighted by Crippen LogP contribution is 2.47. The minimum atomic E-state index is -4.84. The first kappa shape index (κ1) is 15.9. The summed E-state index contributed by atoms with van der Waals surface area (Å²) in [5.74, 6) is -1.46. The molecule has 5 nitrogen and oxygen atoms in total. The first-order valence-corrected chi connectivity index (χ1v) is 7.51. The lowest BCUT2D eigenvalue weighted by Crippen LogP contribution is -2.69. The molecule has 23 heavy (non-hydrogen) atoms. The van der Waals surface area contributed by atoms with Crippen LogP contribution in [0.25, 0.3) is 0 Å². The summed E-state index contributed by atoms with van der Waals surface area (Å²) in [5.41, 5.74) is 2.80. The molecule has 3 N–H and O–H groups in total. The number of likely N-dealkylation sites (tertiary alicyclic amines) is 1. The van der Waals surface area contributed by atoms with Gasteiger partial charge in [0, 0.05) is 13.1 Å². The summed E-state index contributed by atoms with van der Waals surface area (Å²) >= 11 is 0. The van der Waals surface area contributed by atoms with Crippen LogP contribution in [-0.2, 0) is 4.79 Å². The molecule has 1 aromatic carbocycles. The van der Waals surface area contributed by atoms with Crippen LogP contribution in [0.2, 0.25) is 0 Å². The van der Waals surface area contributed by atoms with Crippen molar-refractivity contribution in [1.82, 2.24) is 4.90 Å². The zero-order valence-electron chi connectivity index (χ0n) is 12.5. The summed E-state index contributed by atoms with van der Waals surface area (Å²) in [7, 11) is 0. The Morgan fingerprint density at radius 3 is 2.65 bits per heavy atom. The van der Waals surface area contributed by atoms with Crippen molar-refractivity contribution in [2.75, 3.05) is 36.4 Å². The predicted molar refractivity (Wildman–Crippen MR) is 79.9 cm³/mol. The van der Waals surface area contributed by atoms with Gasteiger partial charge in [0.15, 0.2) is 0 Å². The molecule has 1 aromatic rings. The van der Waals surface area contributed by atoms with Crippen molar-refractivity contribution in [3.05, 3.63) is 24.3 Å². The maximum atomic E-state index is 13.8. The quantitative estimate of drug-likeness (QED) is 0.881. The zero-order chi connectivity index (χ0) is 16.7. The summed E-state index contributed by atoms with van der Waals surface area (Å²) in [6.45, 7) is 2.25. The number of nitrogens with zero attached hydrogens (tertiary/aromatic N) is 2. The van der Waals surface area contributed by atoms with E-state index >= 15 is 0 Å². The molecule has 8 heteroatoms. The lowest BCUT2D eigenvalue weighted by atomic mass is 10.1. The van der Waals surface area contributed by atoms with Gasteiger partial charge in [-0.25, -0.2) is 0 Å². The standard InChI is InChI=1S/C15H18F3N4O/c16-15(17,18)14(13(19)23)20-11-5-1-2-6-12(11)22(14)10-9-21-7-3-4-8-21/h2,5-6,20H,3-4,7-10H2,(H2,19,23). The third-order valence-electron chi connectivity index (χ3n) is 4.46. The molecule has 1 unspecified atom stereocenters. The average Bonchev–Trinajstić information content (AvgIpc) is 3.10. The number of benzene rings is 1. The van der Waals surface area contributed by atoms with Gasteiger partial charge in [-0.1, -0.05) is 6.07 Å². The van der Waals surface area contributed by atoms with Gasteiger partial charge in [0.05, 0.1) is 11.4 Å². The number of primary amides is 1. The summed E-state index contributed by atoms with van der Waals surface area (Å²) in [6.07, 6.45) is -2.75. The largest absolute Gasteiger partial charge is 0.440 e. The molecule has 2 aliphatic rings. The van der Waals surface area contributed by atoms with E-state index in [0.29, 0.717) is 12.2 Å². The fraction of sp³-hybridized carbons (Fsp3) is 0.533. The van der Waals surface area contributed by atoms with Crippen molar-refractivity contribution >= 4 is 17.3 Å². The Bertz CT molecular complexity index is 601. The number of carbonyl (C=O) groups excluding carboxylic acids is 1. The summed E-state index contributed by atoms with van der Waals surface area (Å²) in [5, 5.41) is 2.29. The third-order valence-corrected chi connectivity index (χ3v) is 4.46. The van der Waals surface area contributed by atoms with Crippen LogP contribution in [0.1, 0.15) is 12.8 Å². The van der Waals surface area contributed by atoms with Crippen molar-refractivity contribution in [1.29, 1.82) is 0 Å². The number of halogens is 3. The van der Waals surface area contributed by atoms with E-state index in [2.05, 4.69) is 16.3 Å². The normalized spacial score (nSPS) is 24.6. The van der Waals surface area contributed by atoms with Gasteiger partial charge in [-0.2, -0.15) is 13.2 Å². The van der Waals surface area contributed by atoms with Crippen LogP contribution in [-0.4, -0.2) is 48.8 Å². The van der Waals surface area contributed by atoms with Crippen LogP contribution in [0.5, 0.6) is 0 Å². The third kappa shape index (κ3) is 2.50. The van der Waals surface area contributed by atoms with E-state index in [9.17, 15) is 18.0 Å². The van der Waals surface area contributed by atoms with Crippen LogP contribution >= 0.6 is 0 Å². The Kier molecular flexibility index (Phi) is 3.87. The summed E-state index contributed by atoms with van der Waals surface area (Å²) < 4.78 is 41.3.